The number of nitrogens with zero attached hydrogens (tertiary/aromatic N) is 2. The Morgan fingerprint density at radius 2 is 2.38 bits per heavy atom. The SMILES string of the molecule is Cc1ccc(C(C)NC(=O)NC2CCCc3c2cnn3CCO)o1. The van der Waals surface area contributed by atoms with Crippen LogP contribution < -0.4 is 10.6 Å². The third-order valence-corrected chi connectivity index (χ3v) is 4.42. The van der Waals surface area contributed by atoms with Gasteiger partial charge in [-0.25, -0.2) is 4.79 Å². The van der Waals surface area contributed by atoms with E-state index in [-0.39, 0.29) is 24.7 Å². The summed E-state index contributed by atoms with van der Waals surface area (Å²) in [5.41, 5.74) is 2.15. The molecule has 2 atom stereocenters. The Hall–Kier alpha value is -2.28. The van der Waals surface area contributed by atoms with Crippen molar-refractivity contribution in [2.75, 3.05) is 6.61 Å². The molecule has 3 rings (SSSR count). The summed E-state index contributed by atoms with van der Waals surface area (Å²) in [4.78, 5) is 12.3. The Morgan fingerprint density at radius 1 is 1.54 bits per heavy atom. The van der Waals surface area contributed by atoms with Crippen LogP contribution >= 0.6 is 0 Å². The lowest BCUT2D eigenvalue weighted by Gasteiger charge is -2.25. The van der Waals surface area contributed by atoms with Gasteiger partial charge in [-0.05, 0) is 45.2 Å². The number of hydrogen-bond donors (Lipinski definition) is 3. The zero-order chi connectivity index (χ0) is 17.1. The number of rotatable bonds is 5. The maximum atomic E-state index is 12.3. The van der Waals surface area contributed by atoms with E-state index < -0.39 is 0 Å². The lowest BCUT2D eigenvalue weighted by Crippen LogP contribution is -2.40. The first-order valence-electron chi connectivity index (χ1n) is 8.37. The zero-order valence-corrected chi connectivity index (χ0v) is 14.1. The first-order chi connectivity index (χ1) is 11.6. The minimum atomic E-state index is -0.218. The molecule has 0 saturated carbocycles. The van der Waals surface area contributed by atoms with Crippen LogP contribution in [0, 0.1) is 6.92 Å². The predicted molar refractivity (Wildman–Crippen MR) is 88.5 cm³/mol. The van der Waals surface area contributed by atoms with E-state index in [0.29, 0.717) is 6.54 Å². The first kappa shape index (κ1) is 16.6. The van der Waals surface area contributed by atoms with Gasteiger partial charge in [-0.3, -0.25) is 4.68 Å². The third kappa shape index (κ3) is 3.46. The van der Waals surface area contributed by atoms with Crippen LogP contribution in [0.4, 0.5) is 4.79 Å². The standard InChI is InChI=1S/C17H24N4O3/c1-11-6-7-16(24-11)12(2)19-17(23)20-14-4-3-5-15-13(14)10-18-21(15)8-9-22/h6-7,10,12,14,22H,3-5,8-9H2,1-2H3,(H2,19,20,23). The number of aliphatic hydroxyl groups excluding tert-OH is 1. The second-order valence-corrected chi connectivity index (χ2v) is 6.23. The second kappa shape index (κ2) is 7.09. The fraction of sp³-hybridized carbons (Fsp3) is 0.529. The van der Waals surface area contributed by atoms with Crippen LogP contribution in [0.25, 0.3) is 0 Å². The number of urea groups is 1. The van der Waals surface area contributed by atoms with E-state index in [1.165, 1.54) is 0 Å². The summed E-state index contributed by atoms with van der Waals surface area (Å²) in [6.45, 7) is 4.32. The Balaban J connectivity index is 1.63. The second-order valence-electron chi connectivity index (χ2n) is 6.23. The zero-order valence-electron chi connectivity index (χ0n) is 14.1. The summed E-state index contributed by atoms with van der Waals surface area (Å²) in [5.74, 6) is 1.56. The van der Waals surface area contributed by atoms with Gasteiger partial charge in [0.15, 0.2) is 0 Å². The van der Waals surface area contributed by atoms with E-state index >= 15 is 0 Å². The maximum Gasteiger partial charge on any atom is 0.315 e. The molecule has 0 bridgehead atoms. The van der Waals surface area contributed by atoms with Gasteiger partial charge in [0.25, 0.3) is 0 Å². The summed E-state index contributed by atoms with van der Waals surface area (Å²) in [5, 5.41) is 19.4. The normalized spacial score (nSPS) is 18.0. The quantitative estimate of drug-likeness (QED) is 0.783. The Labute approximate surface area is 141 Å². The summed E-state index contributed by atoms with van der Waals surface area (Å²) < 4.78 is 7.37. The van der Waals surface area contributed by atoms with Gasteiger partial charge >= 0.3 is 6.03 Å². The van der Waals surface area contributed by atoms with Gasteiger partial charge < -0.3 is 20.2 Å². The third-order valence-electron chi connectivity index (χ3n) is 4.42. The summed E-state index contributed by atoms with van der Waals surface area (Å²) in [6.07, 6.45) is 4.60. The summed E-state index contributed by atoms with van der Waals surface area (Å²) >= 11 is 0. The number of aliphatic hydroxyl groups is 1. The smallest absolute Gasteiger partial charge is 0.315 e. The van der Waals surface area contributed by atoms with Crippen molar-refractivity contribution in [2.24, 2.45) is 0 Å². The van der Waals surface area contributed by atoms with Crippen molar-refractivity contribution in [1.82, 2.24) is 20.4 Å². The van der Waals surface area contributed by atoms with Crippen LogP contribution in [0.15, 0.2) is 22.7 Å². The molecule has 0 aromatic carbocycles. The minimum Gasteiger partial charge on any atom is -0.464 e. The molecule has 0 radical (unpaired) electrons. The molecule has 2 aromatic rings. The molecule has 7 heteroatoms. The molecule has 130 valence electrons. The van der Waals surface area contributed by atoms with Crippen molar-refractivity contribution in [3.8, 4) is 0 Å². The van der Waals surface area contributed by atoms with E-state index in [2.05, 4.69) is 15.7 Å². The van der Waals surface area contributed by atoms with Gasteiger partial charge in [-0.1, -0.05) is 0 Å². The molecule has 7 nitrogen and oxygen atoms in total. The minimum absolute atomic E-state index is 0.0493. The number of hydrogen-bond acceptors (Lipinski definition) is 4. The molecular formula is C17H24N4O3. The Morgan fingerprint density at radius 3 is 3.08 bits per heavy atom. The van der Waals surface area contributed by atoms with Gasteiger partial charge in [0.1, 0.15) is 11.5 Å². The molecule has 2 amide bonds. The number of furan rings is 1. The van der Waals surface area contributed by atoms with Crippen molar-refractivity contribution in [1.29, 1.82) is 0 Å². The molecule has 2 unspecified atom stereocenters. The Kier molecular flexibility index (Phi) is 4.89. The highest BCUT2D eigenvalue weighted by atomic mass is 16.3. The molecule has 1 aliphatic carbocycles. The van der Waals surface area contributed by atoms with Gasteiger partial charge in [0.2, 0.25) is 0 Å². The van der Waals surface area contributed by atoms with E-state index in [0.717, 1.165) is 42.0 Å². The average molecular weight is 332 g/mol. The van der Waals surface area contributed by atoms with Crippen molar-refractivity contribution < 1.29 is 14.3 Å². The number of amides is 2. The largest absolute Gasteiger partial charge is 0.464 e. The number of fused-ring (bicyclic) bond motifs is 1. The van der Waals surface area contributed by atoms with E-state index in [1.807, 2.05) is 30.7 Å². The van der Waals surface area contributed by atoms with Crippen molar-refractivity contribution in [2.45, 2.75) is 51.7 Å². The van der Waals surface area contributed by atoms with E-state index in [1.54, 1.807) is 6.20 Å². The van der Waals surface area contributed by atoms with E-state index in [4.69, 9.17) is 9.52 Å². The van der Waals surface area contributed by atoms with Crippen molar-refractivity contribution >= 4 is 6.03 Å². The Bertz CT molecular complexity index is 707. The number of carbonyl (C=O) groups is 1. The number of aryl methyl sites for hydroxylation is 1. The van der Waals surface area contributed by atoms with Crippen molar-refractivity contribution in [3.05, 3.63) is 41.1 Å². The summed E-state index contributed by atoms with van der Waals surface area (Å²) in [6, 6.07) is 3.29. The fourth-order valence-corrected chi connectivity index (χ4v) is 3.21. The van der Waals surface area contributed by atoms with Crippen LogP contribution in [-0.4, -0.2) is 27.5 Å². The lowest BCUT2D eigenvalue weighted by molar-refractivity contribution is 0.230. The van der Waals surface area contributed by atoms with Crippen LogP contribution in [0.2, 0.25) is 0 Å². The van der Waals surface area contributed by atoms with Crippen LogP contribution in [0.3, 0.4) is 0 Å². The van der Waals surface area contributed by atoms with Crippen LogP contribution in [-0.2, 0) is 13.0 Å². The number of aromatic nitrogens is 2. The summed E-state index contributed by atoms with van der Waals surface area (Å²) in [7, 11) is 0. The van der Waals surface area contributed by atoms with Crippen LogP contribution in [0.5, 0.6) is 0 Å². The average Bonchev–Trinajstić information content (AvgIpc) is 3.15. The molecule has 1 aliphatic rings. The first-order valence-corrected chi connectivity index (χ1v) is 8.37. The molecular weight excluding hydrogens is 308 g/mol. The molecule has 0 aliphatic heterocycles. The molecule has 0 fully saturated rings. The van der Waals surface area contributed by atoms with Crippen molar-refractivity contribution in [3.63, 3.8) is 0 Å². The monoisotopic (exact) mass is 332 g/mol. The molecule has 2 aromatic heterocycles. The number of carbonyl (C=O) groups excluding carboxylic acids is 1. The highest BCUT2D eigenvalue weighted by Gasteiger charge is 2.26. The van der Waals surface area contributed by atoms with Gasteiger partial charge in [0, 0.05) is 11.3 Å². The highest BCUT2D eigenvalue weighted by molar-refractivity contribution is 5.75. The predicted octanol–water partition coefficient (Wildman–Crippen LogP) is 2.21. The molecule has 0 saturated heterocycles. The maximum absolute atomic E-state index is 12.3. The fourth-order valence-electron chi connectivity index (χ4n) is 3.21. The molecule has 3 N–H and O–H groups in total. The van der Waals surface area contributed by atoms with Gasteiger partial charge in [-0.15, -0.1) is 0 Å². The molecule has 2 heterocycles. The topological polar surface area (TPSA) is 92.3 Å². The molecule has 0 spiro atoms. The van der Waals surface area contributed by atoms with Gasteiger partial charge in [0.05, 0.1) is 31.4 Å². The highest BCUT2D eigenvalue weighted by Crippen LogP contribution is 2.29. The lowest BCUT2D eigenvalue weighted by atomic mass is 9.93. The molecule has 24 heavy (non-hydrogen) atoms. The van der Waals surface area contributed by atoms with Gasteiger partial charge in [-0.2, -0.15) is 5.10 Å². The number of nitrogens with one attached hydrogen (secondary N) is 2. The van der Waals surface area contributed by atoms with E-state index in [9.17, 15) is 4.79 Å². The van der Waals surface area contributed by atoms with Crippen LogP contribution in [0.1, 0.15) is 54.6 Å².